The Morgan fingerprint density at radius 1 is 0.381 bits per heavy atom. The third kappa shape index (κ3) is 18.2. The number of aromatic nitrogens is 12. The van der Waals surface area contributed by atoms with E-state index in [2.05, 4.69) is 62.8 Å². The lowest BCUT2D eigenvalue weighted by atomic mass is 9.79. The minimum absolute atomic E-state index is 0.0445. The topological polar surface area (TPSA) is 462 Å². The summed E-state index contributed by atoms with van der Waals surface area (Å²) in [4.78, 5) is 123. The molecule has 9 aliphatic heterocycles. The maximum absolute atomic E-state index is 12.6. The van der Waals surface area contributed by atoms with Crippen molar-refractivity contribution in [3.05, 3.63) is 384 Å². The van der Waals surface area contributed by atoms with Gasteiger partial charge in [0.1, 0.15) is 41.1 Å². The van der Waals surface area contributed by atoms with Crippen molar-refractivity contribution in [3.63, 3.8) is 0 Å². The van der Waals surface area contributed by atoms with Crippen LogP contribution in [0.1, 0.15) is 55.5 Å². The summed E-state index contributed by atoms with van der Waals surface area (Å²) in [7, 11) is -2.12. The average molecular weight is 1780 g/mol. The number of nitriles is 4. The van der Waals surface area contributed by atoms with Gasteiger partial charge in [-0.2, -0.15) is 49.8 Å². The molecule has 11 aromatic carbocycles. The molecule has 1 saturated heterocycles. The van der Waals surface area contributed by atoms with E-state index in [1.54, 1.807) is 177 Å². The quantitative estimate of drug-likeness (QED) is 0.0410. The molecule has 36 heteroatoms. The van der Waals surface area contributed by atoms with Gasteiger partial charge in [-0.25, -0.2) is 19.2 Å². The van der Waals surface area contributed by atoms with Gasteiger partial charge < -0.3 is 38.3 Å². The number of pyridine rings is 4. The summed E-state index contributed by atoms with van der Waals surface area (Å²) < 4.78 is 66.0. The predicted octanol–water partition coefficient (Wildman–Crippen LogP) is 11.9. The van der Waals surface area contributed by atoms with E-state index >= 15 is 0 Å². The maximum atomic E-state index is 12.6. The van der Waals surface area contributed by atoms with Gasteiger partial charge in [0.05, 0.1) is 108 Å². The van der Waals surface area contributed by atoms with Crippen molar-refractivity contribution < 1.29 is 47.1 Å². The number of aromatic amines is 4. The normalized spacial score (nSPS) is 12.4. The van der Waals surface area contributed by atoms with E-state index in [-0.39, 0.29) is 51.3 Å². The zero-order valence-corrected chi connectivity index (χ0v) is 70.7. The molecular weight excluding hydrogens is 1720 g/mol. The number of nitrogens with zero attached hydrogens (tertiary/aromatic N) is 12. The van der Waals surface area contributed by atoms with Crippen LogP contribution in [0.15, 0.2) is 311 Å². The molecule has 0 saturated carbocycles. The van der Waals surface area contributed by atoms with Gasteiger partial charge >= 0.3 is 43.6 Å². The minimum Gasteiger partial charge on any atom is -0.489 e. The van der Waals surface area contributed by atoms with Crippen LogP contribution in [0.2, 0.25) is 0 Å². The van der Waals surface area contributed by atoms with Crippen LogP contribution in [-0.4, -0.2) is 100 Å². The second-order valence-corrected chi connectivity index (χ2v) is 31.3. The molecular formula is C98H66B2F2N16O16. The molecule has 0 radical (unpaired) electrons. The first kappa shape index (κ1) is 87.9. The minimum atomic E-state index is -2.96. The lowest BCUT2D eigenvalue weighted by Gasteiger charge is -2.32. The van der Waals surface area contributed by atoms with Gasteiger partial charge in [-0.3, -0.25) is 57.4 Å². The molecule has 0 aromatic heterocycles. The van der Waals surface area contributed by atoms with Gasteiger partial charge in [0, 0.05) is 23.1 Å². The summed E-state index contributed by atoms with van der Waals surface area (Å²) in [5.41, 5.74) is 3.35. The van der Waals surface area contributed by atoms with Crippen LogP contribution in [0.5, 0.6) is 34.5 Å². The van der Waals surface area contributed by atoms with Crippen LogP contribution in [0.25, 0.3) is 112 Å². The standard InChI is InChI=1S/C30H25BN4O5.C25H16N4O3.C24H15BN4O5.C19H10F2N4O3/c1-29(2)30(3,4)40-31(39-29)20-6-5-7-23(16-20)38-22-12-10-21(11-13-22)35-25-14-18(17-32)8-9-19(25)15-24-26(35)33-28(37)34-27(24)36;26-14-17-9-10-18-12-21-23(27-25(31)28-24(21)30)29(22(18)11-17)19-7-4-8-20(13-19)32-15-16-5-2-1-3-6-16;26-13-14-4-5-15-11-20-22(27-24(31)28-23(20)30)29(21(15)10-14)17-6-8-18(9-7-17)34-19-3-1-2-16(12-19)25(32)33;20-18(21)28-13-5-3-12(4-6-13)25-15-7-10(9-22)1-2-11(15)8-14-16(25)23-19(27)24-17(14)26/h5-16H,1-4H3,(H,34,36,37);1-13H,15H2,(H,28,30,31);1-12,32-33H,(H,28,30,31);1-8,18H,(H,24,26,27). The van der Waals surface area contributed by atoms with E-state index in [9.17, 15) is 78.2 Å². The number of alkyl halides is 2. The van der Waals surface area contributed by atoms with Gasteiger partial charge in [-0.05, 0) is 248 Å². The number of fused-ring (bicyclic) bond motifs is 8. The molecule has 9 heterocycles. The molecule has 0 unspecified atom stereocenters. The largest absolute Gasteiger partial charge is 0.494 e. The van der Waals surface area contributed by atoms with E-state index < -0.39 is 77.0 Å². The Balaban J connectivity index is 0.000000125. The SMILES string of the molecule is CC1(C)OB(c2cccc(Oc3ccc(-n4c5nc(=O)[nH]c(=O)c-5cc5ccc(C#N)cc54)cc3)c2)OC1(C)C.N#Cc1ccc2cc3c(=O)[nH]c(=O)nc-3n(-c3ccc(OC(F)F)cc3)c2c1.N#Cc1ccc2cc3c(=O)[nH]c(=O)nc-3n(-c3ccc(Oc4cccc(B(O)O)c4)cc3)c2c1.N#Cc1ccc2cc3c(=O)[nH]c(=O)nc-3n(-c3cccc(OCc4ccccc4)c3)c2c1. The van der Waals surface area contributed by atoms with Crippen molar-refractivity contribution in [2.75, 3.05) is 0 Å². The number of hydrogen-bond acceptors (Lipinski definition) is 24. The monoisotopic (exact) mass is 1780 g/mol. The van der Waals surface area contributed by atoms with Crippen LogP contribution < -0.4 is 74.9 Å². The highest BCUT2D eigenvalue weighted by Crippen LogP contribution is 2.39. The van der Waals surface area contributed by atoms with Crippen molar-refractivity contribution in [1.82, 2.24) is 58.1 Å². The number of halogens is 2. The third-order valence-corrected chi connectivity index (χ3v) is 22.1. The molecule has 0 aliphatic carbocycles. The second-order valence-electron chi connectivity index (χ2n) is 31.3. The Bertz CT molecular complexity index is 8410. The Labute approximate surface area is 754 Å². The van der Waals surface area contributed by atoms with Crippen molar-refractivity contribution in [1.29, 1.82) is 21.0 Å². The van der Waals surface area contributed by atoms with Crippen molar-refractivity contribution in [2.24, 2.45) is 0 Å². The molecule has 1 fully saturated rings. The van der Waals surface area contributed by atoms with Gasteiger partial charge in [0.15, 0.2) is 23.3 Å². The molecule has 6 N–H and O–H groups in total. The van der Waals surface area contributed by atoms with Gasteiger partial charge in [-0.15, -0.1) is 0 Å². The smallest absolute Gasteiger partial charge is 0.489 e. The fourth-order valence-electron chi connectivity index (χ4n) is 15.1. The van der Waals surface area contributed by atoms with Crippen molar-refractivity contribution >= 4 is 68.8 Å². The summed E-state index contributed by atoms with van der Waals surface area (Å²) in [6.07, 6.45) is 0. The number of hydrogen-bond donors (Lipinski definition) is 6. The number of ether oxygens (including phenoxy) is 4. The molecule has 0 bridgehead atoms. The summed E-state index contributed by atoms with van der Waals surface area (Å²) in [5.74, 6) is 3.31. The highest BCUT2D eigenvalue weighted by atomic mass is 19.3. The number of benzene rings is 11. The summed E-state index contributed by atoms with van der Waals surface area (Å²) in [5, 5.41) is 58.9. The lowest BCUT2D eigenvalue weighted by molar-refractivity contribution is -0.0498. The highest BCUT2D eigenvalue weighted by molar-refractivity contribution is 6.62. The fourth-order valence-corrected chi connectivity index (χ4v) is 15.1. The van der Waals surface area contributed by atoms with E-state index in [1.807, 2.05) is 113 Å². The number of nitrogens with one attached hydrogen (secondary N) is 4. The van der Waals surface area contributed by atoms with Crippen LogP contribution in [0.4, 0.5) is 8.78 Å². The first-order valence-corrected chi connectivity index (χ1v) is 40.9. The molecule has 0 atom stereocenters. The number of H-pyrrole nitrogens is 4. The van der Waals surface area contributed by atoms with E-state index in [1.165, 1.54) is 34.9 Å². The molecule has 9 aliphatic rings. The van der Waals surface area contributed by atoms with Crippen LogP contribution >= 0.6 is 0 Å². The summed E-state index contributed by atoms with van der Waals surface area (Å²) in [6.45, 7) is 5.48. The predicted molar refractivity (Wildman–Crippen MR) is 493 cm³/mol. The average Bonchev–Trinajstić information content (AvgIpc) is 1.28. The summed E-state index contributed by atoms with van der Waals surface area (Å²) >= 11 is 0. The number of rotatable bonds is 15. The summed E-state index contributed by atoms with van der Waals surface area (Å²) in [6, 6.07) is 85.9. The van der Waals surface area contributed by atoms with Crippen molar-refractivity contribution in [3.8, 4) is 127 Å². The molecule has 0 amide bonds. The van der Waals surface area contributed by atoms with E-state index in [0.29, 0.717) is 119 Å². The van der Waals surface area contributed by atoms with Crippen LogP contribution in [0.3, 0.4) is 0 Å². The maximum Gasteiger partial charge on any atom is 0.494 e. The Morgan fingerprint density at radius 3 is 1.09 bits per heavy atom. The molecule has 0 spiro atoms. The van der Waals surface area contributed by atoms with E-state index in [0.717, 1.165) is 21.8 Å². The lowest BCUT2D eigenvalue weighted by Crippen LogP contribution is -2.41. The third-order valence-electron chi connectivity index (χ3n) is 22.1. The first-order chi connectivity index (χ1) is 64.5. The zero-order valence-electron chi connectivity index (χ0n) is 70.7. The fraction of sp³-hybridized carbons (Fsp3) is 0.0816. The van der Waals surface area contributed by atoms with Crippen molar-refractivity contribution in [2.45, 2.75) is 52.1 Å². The molecule has 20 rings (SSSR count). The highest BCUT2D eigenvalue weighted by Gasteiger charge is 2.52. The molecule has 32 nitrogen and oxygen atoms in total. The molecule has 654 valence electrons. The Morgan fingerprint density at radius 2 is 0.724 bits per heavy atom. The second kappa shape index (κ2) is 36.5. The van der Waals surface area contributed by atoms with Crippen LogP contribution in [0, 0.1) is 45.3 Å². The molecule has 11 aromatic rings. The van der Waals surface area contributed by atoms with Gasteiger partial charge in [-0.1, -0.05) is 84.9 Å². The Kier molecular flexibility index (Phi) is 23.9. The molecule has 134 heavy (non-hydrogen) atoms. The first-order valence-electron chi connectivity index (χ1n) is 40.9. The van der Waals surface area contributed by atoms with E-state index in [4.69, 9.17) is 23.5 Å². The Hall–Kier alpha value is -18.2. The van der Waals surface area contributed by atoms with Gasteiger partial charge in [0.2, 0.25) is 0 Å². The zero-order chi connectivity index (χ0) is 94.0. The van der Waals surface area contributed by atoms with Gasteiger partial charge in [0.25, 0.3) is 22.2 Å². The van der Waals surface area contributed by atoms with Crippen LogP contribution in [-0.2, 0) is 15.9 Å².